The van der Waals surface area contributed by atoms with Gasteiger partial charge in [0, 0.05) is 57.9 Å². The molecule has 2 saturated heterocycles. The van der Waals surface area contributed by atoms with E-state index in [0.717, 1.165) is 19.6 Å². The van der Waals surface area contributed by atoms with Gasteiger partial charge in [-0.3, -0.25) is 14.6 Å². The zero-order valence-corrected chi connectivity index (χ0v) is 25.0. The van der Waals surface area contributed by atoms with Crippen LogP contribution in [-0.2, 0) is 19.5 Å². The number of anilines is 1. The number of benzene rings is 2. The molecule has 3 aromatic rings. The van der Waals surface area contributed by atoms with Crippen molar-refractivity contribution < 1.29 is 31.9 Å². The molecule has 0 N–H and O–H groups in total. The second kappa shape index (κ2) is 13.4. The van der Waals surface area contributed by atoms with Gasteiger partial charge in [0.2, 0.25) is 10.0 Å². The summed E-state index contributed by atoms with van der Waals surface area (Å²) in [6.45, 7) is 6.87. The summed E-state index contributed by atoms with van der Waals surface area (Å²) in [4.78, 5) is 35.5. The number of carbonyl (C=O) groups is 2. The lowest BCUT2D eigenvalue weighted by atomic mass is 10.2. The predicted octanol–water partition coefficient (Wildman–Crippen LogP) is 3.27. The Morgan fingerprint density at radius 1 is 1.05 bits per heavy atom. The van der Waals surface area contributed by atoms with Gasteiger partial charge in [0.25, 0.3) is 5.91 Å². The monoisotopic (exact) mass is 619 g/mol. The van der Waals surface area contributed by atoms with Crippen LogP contribution in [0, 0.1) is 5.82 Å². The summed E-state index contributed by atoms with van der Waals surface area (Å²) in [7, 11) is -3.83. The molecule has 5 rings (SSSR count). The van der Waals surface area contributed by atoms with E-state index in [9.17, 15) is 22.4 Å². The van der Waals surface area contributed by atoms with Crippen molar-refractivity contribution in [3.8, 4) is 0 Å². The average molecular weight is 620 g/mol. The smallest absolute Gasteiger partial charge is 0.409 e. The number of amides is 2. The Bertz CT molecular complexity index is 1500. The molecular weight excluding hydrogens is 585 g/mol. The SMILES string of the molecule is CCOC(=O)N1CCN(S(=O)(=O)c2ccc(C(=O)N(CCCN3CCOCC3)c3nc4c(F)cccc4s3)cc2)CC1. The minimum Gasteiger partial charge on any atom is -0.450 e. The number of hydrogen-bond donors (Lipinski definition) is 0. The molecule has 2 aliphatic heterocycles. The minimum absolute atomic E-state index is 0.0598. The number of nitrogens with zero attached hydrogens (tertiary/aromatic N) is 5. The summed E-state index contributed by atoms with van der Waals surface area (Å²) >= 11 is 1.24. The van der Waals surface area contributed by atoms with Crippen LogP contribution in [0.4, 0.5) is 14.3 Å². The van der Waals surface area contributed by atoms with E-state index in [2.05, 4.69) is 9.88 Å². The number of sulfonamides is 1. The highest BCUT2D eigenvalue weighted by molar-refractivity contribution is 7.89. The first-order valence-electron chi connectivity index (χ1n) is 14.0. The van der Waals surface area contributed by atoms with Gasteiger partial charge in [0.1, 0.15) is 11.3 Å². The standard InChI is InChI=1S/C28H34FN5O6S2/c1-2-40-28(36)32-13-15-33(16-14-32)42(37,38)22-9-7-21(8-10-22)26(35)34(12-4-11-31-17-19-39-20-18-31)27-30-25-23(29)5-3-6-24(25)41-27/h3,5-10H,2,4,11-20H2,1H3. The molecule has 0 aliphatic carbocycles. The Balaban J connectivity index is 1.31. The summed E-state index contributed by atoms with van der Waals surface area (Å²) < 4.78 is 53.4. The molecule has 11 nitrogen and oxygen atoms in total. The molecule has 42 heavy (non-hydrogen) atoms. The molecule has 2 aromatic carbocycles. The number of ether oxygens (including phenoxy) is 2. The maximum absolute atomic E-state index is 14.4. The molecule has 0 bridgehead atoms. The van der Waals surface area contributed by atoms with Crippen LogP contribution < -0.4 is 4.90 Å². The number of piperazine rings is 1. The van der Waals surface area contributed by atoms with Gasteiger partial charge in [-0.15, -0.1) is 0 Å². The Morgan fingerprint density at radius 3 is 2.43 bits per heavy atom. The van der Waals surface area contributed by atoms with E-state index in [1.165, 1.54) is 50.9 Å². The summed E-state index contributed by atoms with van der Waals surface area (Å²) in [6.07, 6.45) is 0.219. The van der Waals surface area contributed by atoms with Crippen LogP contribution in [0.5, 0.6) is 0 Å². The van der Waals surface area contributed by atoms with E-state index in [1.54, 1.807) is 24.0 Å². The number of morpholine rings is 1. The van der Waals surface area contributed by atoms with Crippen molar-refractivity contribution in [3.05, 3.63) is 53.8 Å². The maximum atomic E-state index is 14.4. The van der Waals surface area contributed by atoms with Gasteiger partial charge in [-0.25, -0.2) is 22.6 Å². The number of hydrogen-bond acceptors (Lipinski definition) is 9. The quantitative estimate of drug-likeness (QED) is 0.359. The zero-order chi connectivity index (χ0) is 29.7. The fourth-order valence-electron chi connectivity index (χ4n) is 4.98. The highest BCUT2D eigenvalue weighted by Gasteiger charge is 2.31. The summed E-state index contributed by atoms with van der Waals surface area (Å²) in [5, 5.41) is 0.387. The number of thiazole rings is 1. The highest BCUT2D eigenvalue weighted by Crippen LogP contribution is 2.31. The van der Waals surface area contributed by atoms with Crippen LogP contribution in [-0.4, -0.2) is 112 Å². The molecule has 2 fully saturated rings. The molecule has 3 heterocycles. The fourth-order valence-corrected chi connectivity index (χ4v) is 7.41. The van der Waals surface area contributed by atoms with Crippen molar-refractivity contribution >= 4 is 48.7 Å². The first kappa shape index (κ1) is 30.3. The number of aromatic nitrogens is 1. The summed E-state index contributed by atoms with van der Waals surface area (Å²) in [5.41, 5.74) is 0.514. The van der Waals surface area contributed by atoms with Crippen molar-refractivity contribution in [2.45, 2.75) is 18.2 Å². The molecule has 226 valence electrons. The number of fused-ring (bicyclic) bond motifs is 1. The van der Waals surface area contributed by atoms with Crippen LogP contribution in [0.15, 0.2) is 47.4 Å². The van der Waals surface area contributed by atoms with Gasteiger partial charge < -0.3 is 14.4 Å². The predicted molar refractivity (Wildman–Crippen MR) is 157 cm³/mol. The van der Waals surface area contributed by atoms with Crippen molar-refractivity contribution in [2.75, 3.05) is 77.1 Å². The second-order valence-corrected chi connectivity index (χ2v) is 12.9. The van der Waals surface area contributed by atoms with Gasteiger partial charge in [-0.05, 0) is 49.7 Å². The molecule has 14 heteroatoms. The molecule has 2 aliphatic rings. The third-order valence-corrected chi connectivity index (χ3v) is 10.3. The molecular formula is C28H34FN5O6S2. The largest absolute Gasteiger partial charge is 0.450 e. The molecule has 0 saturated carbocycles. The molecule has 0 unspecified atom stereocenters. The molecule has 0 atom stereocenters. The molecule has 0 spiro atoms. The van der Waals surface area contributed by atoms with E-state index in [-0.39, 0.29) is 49.1 Å². The van der Waals surface area contributed by atoms with Gasteiger partial charge in [-0.2, -0.15) is 4.31 Å². The lowest BCUT2D eigenvalue weighted by molar-refractivity contribution is 0.0376. The third-order valence-electron chi connectivity index (χ3n) is 7.30. The van der Waals surface area contributed by atoms with E-state index in [1.807, 2.05) is 0 Å². The Morgan fingerprint density at radius 2 is 1.76 bits per heavy atom. The van der Waals surface area contributed by atoms with Crippen molar-refractivity contribution in [1.29, 1.82) is 0 Å². The van der Waals surface area contributed by atoms with E-state index in [4.69, 9.17) is 9.47 Å². The lowest BCUT2D eigenvalue weighted by Crippen LogP contribution is -2.50. The first-order chi connectivity index (χ1) is 20.3. The Kier molecular flexibility index (Phi) is 9.68. The molecule has 0 radical (unpaired) electrons. The Labute approximate surface area is 248 Å². The van der Waals surface area contributed by atoms with Crippen molar-refractivity contribution in [3.63, 3.8) is 0 Å². The first-order valence-corrected chi connectivity index (χ1v) is 16.2. The number of carbonyl (C=O) groups excluding carboxylic acids is 2. The second-order valence-electron chi connectivity index (χ2n) is 9.96. The Hall–Kier alpha value is -3.17. The summed E-state index contributed by atoms with van der Waals surface area (Å²) in [6, 6.07) is 10.5. The van der Waals surface area contributed by atoms with Crippen LogP contribution in [0.25, 0.3) is 10.2 Å². The topological polar surface area (TPSA) is 113 Å². The zero-order valence-electron chi connectivity index (χ0n) is 23.4. The van der Waals surface area contributed by atoms with Crippen molar-refractivity contribution in [1.82, 2.24) is 19.1 Å². The van der Waals surface area contributed by atoms with Crippen molar-refractivity contribution in [2.24, 2.45) is 0 Å². The lowest BCUT2D eigenvalue weighted by Gasteiger charge is -2.33. The van der Waals surface area contributed by atoms with Gasteiger partial charge in [0.05, 0.1) is 29.4 Å². The number of halogens is 1. The van der Waals surface area contributed by atoms with E-state index in [0.29, 0.717) is 41.6 Å². The van der Waals surface area contributed by atoms with Crippen LogP contribution in [0.3, 0.4) is 0 Å². The minimum atomic E-state index is -3.83. The normalized spacial score (nSPS) is 17.0. The van der Waals surface area contributed by atoms with Crippen LogP contribution in [0.2, 0.25) is 0 Å². The average Bonchev–Trinajstić information content (AvgIpc) is 3.45. The van der Waals surface area contributed by atoms with E-state index < -0.39 is 21.9 Å². The highest BCUT2D eigenvalue weighted by atomic mass is 32.2. The summed E-state index contributed by atoms with van der Waals surface area (Å²) in [5.74, 6) is -0.795. The van der Waals surface area contributed by atoms with Crippen LogP contribution in [0.1, 0.15) is 23.7 Å². The van der Waals surface area contributed by atoms with Gasteiger partial charge >= 0.3 is 6.09 Å². The maximum Gasteiger partial charge on any atom is 0.409 e. The van der Waals surface area contributed by atoms with E-state index >= 15 is 0 Å². The number of para-hydroxylation sites is 1. The molecule has 1 aromatic heterocycles. The van der Waals surface area contributed by atoms with Gasteiger partial charge in [-0.1, -0.05) is 17.4 Å². The number of rotatable bonds is 9. The van der Waals surface area contributed by atoms with Gasteiger partial charge in [0.15, 0.2) is 5.13 Å². The fraction of sp³-hybridized carbons (Fsp3) is 0.464. The third kappa shape index (κ3) is 6.73. The van der Waals surface area contributed by atoms with Crippen LogP contribution >= 0.6 is 11.3 Å². The molecule has 2 amide bonds.